The van der Waals surface area contributed by atoms with Gasteiger partial charge in [0.25, 0.3) is 0 Å². The first kappa shape index (κ1) is 14.1. The molecule has 0 aromatic carbocycles. The van der Waals surface area contributed by atoms with Gasteiger partial charge in [-0.25, -0.2) is 9.97 Å². The fourth-order valence-electron chi connectivity index (χ4n) is 0.948. The van der Waals surface area contributed by atoms with Gasteiger partial charge in [-0.05, 0) is 13.8 Å². The van der Waals surface area contributed by atoms with E-state index in [0.717, 1.165) is 13.1 Å². The van der Waals surface area contributed by atoms with E-state index in [-0.39, 0.29) is 21.1 Å². The first-order chi connectivity index (χ1) is 6.86. The van der Waals surface area contributed by atoms with Crippen molar-refractivity contribution >= 4 is 0 Å². The Morgan fingerprint density at radius 2 is 1.27 bits per heavy atom. The number of nitrogens with zero attached hydrogens (tertiary/aromatic N) is 4. The van der Waals surface area contributed by atoms with Crippen molar-refractivity contribution in [1.82, 2.24) is 19.1 Å². The minimum atomic E-state index is 0. The molecule has 2 aromatic rings. The molecule has 0 unspecified atom stereocenters. The first-order valence-electron chi connectivity index (χ1n) is 4.78. The van der Waals surface area contributed by atoms with Crippen LogP contribution in [0.2, 0.25) is 0 Å². The maximum Gasteiger partial charge on any atom is 2.00 e. The summed E-state index contributed by atoms with van der Waals surface area (Å²) in [4.78, 5) is 7.71. The maximum absolute atomic E-state index is 3.86. The third-order valence-corrected chi connectivity index (χ3v) is 1.85. The second kappa shape index (κ2) is 8.42. The van der Waals surface area contributed by atoms with Crippen molar-refractivity contribution in [2.45, 2.75) is 26.9 Å². The topological polar surface area (TPSA) is 35.6 Å². The average molecular weight is 387 g/mol. The van der Waals surface area contributed by atoms with Gasteiger partial charge < -0.3 is 9.13 Å². The molecular weight excluding hydrogens is 371 g/mol. The molecule has 4 nitrogen and oxygen atoms in total. The smallest absolute Gasteiger partial charge is 0.338 e. The Morgan fingerprint density at radius 3 is 1.40 bits per heavy atom. The molecule has 0 spiro atoms. The largest absolute Gasteiger partial charge is 2.00 e. The van der Waals surface area contributed by atoms with Crippen LogP contribution < -0.4 is 0 Å². The quantitative estimate of drug-likeness (QED) is 0.788. The zero-order chi connectivity index (χ0) is 10.2. The van der Waals surface area contributed by atoms with Crippen LogP contribution in [0.1, 0.15) is 13.8 Å². The van der Waals surface area contributed by atoms with Crippen LogP contribution in [-0.2, 0) is 34.2 Å². The standard InChI is InChI=1S/2C5H8N2.Pt/c2*1-2-7-4-3-6-5-7;/h2*3-5H,2H2,1H3;/q;;+2. The van der Waals surface area contributed by atoms with Gasteiger partial charge in [0.1, 0.15) is 0 Å². The van der Waals surface area contributed by atoms with E-state index in [1.54, 1.807) is 25.0 Å². The summed E-state index contributed by atoms with van der Waals surface area (Å²) in [7, 11) is 0. The molecule has 0 atom stereocenters. The number of hydrogen-bond donors (Lipinski definition) is 0. The van der Waals surface area contributed by atoms with E-state index in [1.807, 2.05) is 21.5 Å². The van der Waals surface area contributed by atoms with Gasteiger partial charge in [0.05, 0.1) is 12.7 Å². The Hall–Kier alpha value is -0.892. The molecule has 0 radical (unpaired) electrons. The van der Waals surface area contributed by atoms with Crippen LogP contribution in [0.15, 0.2) is 37.4 Å². The molecule has 0 aliphatic rings. The number of aryl methyl sites for hydroxylation is 2. The normalized spacial score (nSPS) is 8.67. The predicted octanol–water partition coefficient (Wildman–Crippen LogP) is 1.80. The summed E-state index contributed by atoms with van der Waals surface area (Å²) >= 11 is 0. The van der Waals surface area contributed by atoms with Crippen LogP contribution in [0.3, 0.4) is 0 Å². The van der Waals surface area contributed by atoms with Crippen molar-refractivity contribution in [3.63, 3.8) is 0 Å². The van der Waals surface area contributed by atoms with Crippen molar-refractivity contribution in [3.05, 3.63) is 37.4 Å². The van der Waals surface area contributed by atoms with Crippen LogP contribution in [-0.4, -0.2) is 19.1 Å². The molecule has 0 fully saturated rings. The average Bonchev–Trinajstić information content (AvgIpc) is 2.92. The van der Waals surface area contributed by atoms with Gasteiger partial charge in [-0.2, -0.15) is 0 Å². The van der Waals surface area contributed by atoms with E-state index in [4.69, 9.17) is 0 Å². The van der Waals surface area contributed by atoms with Gasteiger partial charge in [-0.1, -0.05) is 0 Å². The molecule has 0 saturated heterocycles. The van der Waals surface area contributed by atoms with E-state index in [2.05, 4.69) is 23.8 Å². The van der Waals surface area contributed by atoms with Gasteiger partial charge in [0.2, 0.25) is 0 Å². The fraction of sp³-hybridized carbons (Fsp3) is 0.400. The molecule has 15 heavy (non-hydrogen) atoms. The minimum absolute atomic E-state index is 0. The van der Waals surface area contributed by atoms with Crippen LogP contribution in [0.25, 0.3) is 0 Å². The molecule has 0 aliphatic heterocycles. The summed E-state index contributed by atoms with van der Waals surface area (Å²) in [6.45, 7) is 6.20. The Kier molecular flexibility index (Phi) is 7.92. The number of hydrogen-bond acceptors (Lipinski definition) is 2. The molecule has 2 rings (SSSR count). The van der Waals surface area contributed by atoms with Crippen LogP contribution in [0, 0.1) is 0 Å². The molecule has 2 aromatic heterocycles. The summed E-state index contributed by atoms with van der Waals surface area (Å²) in [6, 6.07) is 0. The van der Waals surface area contributed by atoms with Crippen molar-refractivity contribution in [1.29, 1.82) is 0 Å². The zero-order valence-electron chi connectivity index (χ0n) is 8.98. The van der Waals surface area contributed by atoms with Crippen molar-refractivity contribution in [3.8, 4) is 0 Å². The Balaban J connectivity index is 0.000000245. The Labute approximate surface area is 105 Å². The van der Waals surface area contributed by atoms with E-state index < -0.39 is 0 Å². The fourth-order valence-corrected chi connectivity index (χ4v) is 0.948. The molecule has 0 bridgehead atoms. The zero-order valence-corrected chi connectivity index (χ0v) is 11.3. The minimum Gasteiger partial charge on any atom is -0.338 e. The Morgan fingerprint density at radius 1 is 0.867 bits per heavy atom. The number of aromatic nitrogens is 4. The summed E-state index contributed by atoms with van der Waals surface area (Å²) in [5.41, 5.74) is 0. The maximum atomic E-state index is 3.86. The van der Waals surface area contributed by atoms with Gasteiger partial charge in [0.15, 0.2) is 0 Å². The van der Waals surface area contributed by atoms with Crippen LogP contribution in [0.5, 0.6) is 0 Å². The van der Waals surface area contributed by atoms with Gasteiger partial charge >= 0.3 is 21.1 Å². The number of imidazole rings is 2. The van der Waals surface area contributed by atoms with Gasteiger partial charge in [0, 0.05) is 37.9 Å². The molecule has 0 saturated carbocycles. The van der Waals surface area contributed by atoms with Crippen molar-refractivity contribution in [2.24, 2.45) is 0 Å². The second-order valence-electron chi connectivity index (χ2n) is 2.79. The van der Waals surface area contributed by atoms with Crippen molar-refractivity contribution < 1.29 is 21.1 Å². The SMILES string of the molecule is CCn1ccnc1.CCn1ccnc1.[Pt+2]. The third kappa shape index (κ3) is 5.53. The summed E-state index contributed by atoms with van der Waals surface area (Å²) < 4.78 is 4.03. The molecular formula is C10H16N4Pt+2. The van der Waals surface area contributed by atoms with E-state index in [0.29, 0.717) is 0 Å². The summed E-state index contributed by atoms with van der Waals surface area (Å²) in [6.07, 6.45) is 11.1. The molecule has 2 heterocycles. The van der Waals surface area contributed by atoms with Crippen LogP contribution >= 0.6 is 0 Å². The molecule has 0 amide bonds. The first-order valence-corrected chi connectivity index (χ1v) is 4.78. The molecule has 0 aliphatic carbocycles. The molecule has 0 N–H and O–H groups in total. The third-order valence-electron chi connectivity index (χ3n) is 1.85. The predicted molar refractivity (Wildman–Crippen MR) is 55.8 cm³/mol. The van der Waals surface area contributed by atoms with E-state index in [1.165, 1.54) is 0 Å². The molecule has 5 heteroatoms. The van der Waals surface area contributed by atoms with Gasteiger partial charge in [-0.15, -0.1) is 0 Å². The second-order valence-corrected chi connectivity index (χ2v) is 2.79. The Bertz CT molecular complexity index is 281. The van der Waals surface area contributed by atoms with Gasteiger partial charge in [-0.3, -0.25) is 0 Å². The van der Waals surface area contributed by atoms with Crippen LogP contribution in [0.4, 0.5) is 0 Å². The number of rotatable bonds is 2. The monoisotopic (exact) mass is 387 g/mol. The van der Waals surface area contributed by atoms with E-state index in [9.17, 15) is 0 Å². The summed E-state index contributed by atoms with van der Waals surface area (Å²) in [5.74, 6) is 0. The van der Waals surface area contributed by atoms with E-state index >= 15 is 0 Å². The summed E-state index contributed by atoms with van der Waals surface area (Å²) in [5, 5.41) is 0. The molecule has 84 valence electrons. The van der Waals surface area contributed by atoms with Crippen molar-refractivity contribution in [2.75, 3.05) is 0 Å².